The van der Waals surface area contributed by atoms with Gasteiger partial charge in [-0.2, -0.15) is 0 Å². The van der Waals surface area contributed by atoms with Crippen molar-refractivity contribution >= 4 is 27.7 Å². The first-order valence-corrected chi connectivity index (χ1v) is 11.4. The molecule has 1 N–H and O–H groups in total. The molecule has 0 aliphatic rings. The Kier molecular flexibility index (Phi) is 8.69. The zero-order valence-corrected chi connectivity index (χ0v) is 20.9. The largest absolute Gasteiger partial charge is 0.484 e. The molecule has 5 nitrogen and oxygen atoms in total. The van der Waals surface area contributed by atoms with E-state index in [0.29, 0.717) is 18.7 Å². The SMILES string of the molecule is CC[C@@H](C(=O)NC(C)(C)C)N(Cc1ccc(C)cc1)C(=O)COc1ccc(Br)c(C)c1. The van der Waals surface area contributed by atoms with Gasteiger partial charge in [0.25, 0.3) is 5.91 Å². The summed E-state index contributed by atoms with van der Waals surface area (Å²) in [5, 5.41) is 3.01. The zero-order valence-electron chi connectivity index (χ0n) is 19.3. The maximum atomic E-state index is 13.2. The summed E-state index contributed by atoms with van der Waals surface area (Å²) in [6, 6.07) is 13.0. The van der Waals surface area contributed by atoms with Gasteiger partial charge in [-0.25, -0.2) is 0 Å². The molecule has 168 valence electrons. The number of carbonyl (C=O) groups excluding carboxylic acids is 2. The van der Waals surface area contributed by atoms with Gasteiger partial charge >= 0.3 is 0 Å². The van der Waals surface area contributed by atoms with E-state index < -0.39 is 6.04 Å². The second-order valence-electron chi connectivity index (χ2n) is 8.87. The molecule has 0 radical (unpaired) electrons. The number of hydrogen-bond acceptors (Lipinski definition) is 3. The summed E-state index contributed by atoms with van der Waals surface area (Å²) in [5.41, 5.74) is 2.76. The third-order valence-corrected chi connectivity index (χ3v) is 5.74. The number of rotatable bonds is 8. The van der Waals surface area contributed by atoms with Gasteiger partial charge < -0.3 is 15.0 Å². The Balaban J connectivity index is 2.23. The minimum Gasteiger partial charge on any atom is -0.484 e. The van der Waals surface area contributed by atoms with Crippen LogP contribution in [0, 0.1) is 13.8 Å². The highest BCUT2D eigenvalue weighted by atomic mass is 79.9. The molecule has 0 heterocycles. The Morgan fingerprint density at radius 3 is 2.29 bits per heavy atom. The molecule has 0 spiro atoms. The average Bonchev–Trinajstić information content (AvgIpc) is 2.68. The van der Waals surface area contributed by atoms with Gasteiger partial charge in [-0.3, -0.25) is 9.59 Å². The van der Waals surface area contributed by atoms with E-state index in [1.165, 1.54) is 0 Å². The van der Waals surface area contributed by atoms with Crippen molar-refractivity contribution in [1.82, 2.24) is 10.2 Å². The Morgan fingerprint density at radius 2 is 1.74 bits per heavy atom. The lowest BCUT2D eigenvalue weighted by Crippen LogP contribution is -2.54. The number of ether oxygens (including phenoxy) is 1. The molecule has 0 aliphatic carbocycles. The van der Waals surface area contributed by atoms with Crippen molar-refractivity contribution in [3.05, 3.63) is 63.6 Å². The van der Waals surface area contributed by atoms with Crippen LogP contribution in [0.15, 0.2) is 46.9 Å². The quantitative estimate of drug-likeness (QED) is 0.557. The van der Waals surface area contributed by atoms with E-state index in [4.69, 9.17) is 4.74 Å². The normalized spacial score (nSPS) is 12.2. The summed E-state index contributed by atoms with van der Waals surface area (Å²) < 4.78 is 6.76. The summed E-state index contributed by atoms with van der Waals surface area (Å²) in [6.45, 7) is 11.9. The molecule has 0 unspecified atom stereocenters. The van der Waals surface area contributed by atoms with Crippen molar-refractivity contribution < 1.29 is 14.3 Å². The van der Waals surface area contributed by atoms with Crippen LogP contribution in [-0.2, 0) is 16.1 Å². The predicted molar refractivity (Wildman–Crippen MR) is 128 cm³/mol. The maximum Gasteiger partial charge on any atom is 0.261 e. The number of halogens is 1. The van der Waals surface area contributed by atoms with E-state index in [2.05, 4.69) is 21.2 Å². The molecular formula is C25H33BrN2O3. The van der Waals surface area contributed by atoms with E-state index in [-0.39, 0.29) is 24.0 Å². The van der Waals surface area contributed by atoms with Crippen molar-refractivity contribution in [2.24, 2.45) is 0 Å². The van der Waals surface area contributed by atoms with E-state index >= 15 is 0 Å². The van der Waals surface area contributed by atoms with Gasteiger partial charge in [-0.1, -0.05) is 52.7 Å². The second-order valence-corrected chi connectivity index (χ2v) is 9.72. The molecule has 0 bridgehead atoms. The van der Waals surface area contributed by atoms with Crippen molar-refractivity contribution in [1.29, 1.82) is 0 Å². The molecule has 0 aromatic heterocycles. The highest BCUT2D eigenvalue weighted by molar-refractivity contribution is 9.10. The topological polar surface area (TPSA) is 58.6 Å². The van der Waals surface area contributed by atoms with Gasteiger partial charge in [0.15, 0.2) is 6.61 Å². The minimum absolute atomic E-state index is 0.133. The van der Waals surface area contributed by atoms with Crippen molar-refractivity contribution in [2.75, 3.05) is 6.61 Å². The van der Waals surface area contributed by atoms with Crippen LogP contribution in [0.1, 0.15) is 50.8 Å². The molecule has 2 aromatic carbocycles. The molecule has 2 aromatic rings. The van der Waals surface area contributed by atoms with Crippen LogP contribution in [0.2, 0.25) is 0 Å². The summed E-state index contributed by atoms with van der Waals surface area (Å²) in [4.78, 5) is 27.8. The molecule has 2 rings (SSSR count). The average molecular weight is 489 g/mol. The van der Waals surface area contributed by atoms with Gasteiger partial charge in [-0.05, 0) is 70.4 Å². The summed E-state index contributed by atoms with van der Waals surface area (Å²) >= 11 is 3.47. The van der Waals surface area contributed by atoms with Gasteiger partial charge in [0, 0.05) is 16.6 Å². The number of aryl methyl sites for hydroxylation is 2. The van der Waals surface area contributed by atoms with Crippen molar-refractivity contribution in [2.45, 2.75) is 66.1 Å². The number of nitrogens with one attached hydrogen (secondary N) is 1. The number of benzene rings is 2. The lowest BCUT2D eigenvalue weighted by molar-refractivity contribution is -0.143. The molecule has 0 saturated heterocycles. The van der Waals surface area contributed by atoms with Crippen molar-refractivity contribution in [3.63, 3.8) is 0 Å². The van der Waals surface area contributed by atoms with E-state index in [9.17, 15) is 9.59 Å². The Morgan fingerprint density at radius 1 is 1.10 bits per heavy atom. The fourth-order valence-electron chi connectivity index (χ4n) is 3.20. The standard InChI is InChI=1S/C25H33BrN2O3/c1-7-22(24(30)27-25(4,5)6)28(15-19-10-8-17(2)9-11-19)23(29)16-31-20-12-13-21(26)18(3)14-20/h8-14,22H,7,15-16H2,1-6H3,(H,27,30)/t22-/m0/s1. The first kappa shape index (κ1) is 24.9. The van der Waals surface area contributed by atoms with Gasteiger partial charge in [0.2, 0.25) is 5.91 Å². The molecule has 1 atom stereocenters. The van der Waals surface area contributed by atoms with Crippen LogP contribution in [0.5, 0.6) is 5.75 Å². The first-order chi connectivity index (χ1) is 14.5. The lowest BCUT2D eigenvalue weighted by Gasteiger charge is -2.33. The van der Waals surface area contributed by atoms with Crippen molar-refractivity contribution in [3.8, 4) is 5.75 Å². The lowest BCUT2D eigenvalue weighted by atomic mass is 10.1. The Hall–Kier alpha value is -2.34. The van der Waals surface area contributed by atoms with Gasteiger partial charge in [-0.15, -0.1) is 0 Å². The maximum absolute atomic E-state index is 13.2. The third-order valence-electron chi connectivity index (χ3n) is 4.85. The highest BCUT2D eigenvalue weighted by Crippen LogP contribution is 2.22. The molecule has 0 saturated carbocycles. The van der Waals surface area contributed by atoms with Crippen LogP contribution in [0.25, 0.3) is 0 Å². The van der Waals surface area contributed by atoms with Gasteiger partial charge in [0.1, 0.15) is 11.8 Å². The van der Waals surface area contributed by atoms with Crippen LogP contribution in [0.3, 0.4) is 0 Å². The van der Waals surface area contributed by atoms with E-state index in [1.807, 2.05) is 84.0 Å². The minimum atomic E-state index is -0.580. The summed E-state index contributed by atoms with van der Waals surface area (Å²) in [6.07, 6.45) is 0.511. The van der Waals surface area contributed by atoms with E-state index in [0.717, 1.165) is 21.2 Å². The molecule has 6 heteroatoms. The summed E-state index contributed by atoms with van der Waals surface area (Å²) in [5.74, 6) is 0.239. The fourth-order valence-corrected chi connectivity index (χ4v) is 3.44. The molecule has 0 aliphatic heterocycles. The highest BCUT2D eigenvalue weighted by Gasteiger charge is 2.30. The monoisotopic (exact) mass is 488 g/mol. The predicted octanol–water partition coefficient (Wildman–Crippen LogP) is 5.17. The zero-order chi connectivity index (χ0) is 23.2. The molecular weight excluding hydrogens is 456 g/mol. The number of hydrogen-bond donors (Lipinski definition) is 1. The van der Waals surface area contributed by atoms with E-state index in [1.54, 1.807) is 4.90 Å². The Labute approximate surface area is 194 Å². The van der Waals surface area contributed by atoms with Gasteiger partial charge in [0.05, 0.1) is 0 Å². The molecule has 31 heavy (non-hydrogen) atoms. The smallest absolute Gasteiger partial charge is 0.261 e. The molecule has 2 amide bonds. The number of nitrogens with zero attached hydrogens (tertiary/aromatic N) is 1. The van der Waals surface area contributed by atoms with Crippen LogP contribution < -0.4 is 10.1 Å². The third kappa shape index (κ3) is 7.69. The van der Waals surface area contributed by atoms with Crippen LogP contribution in [-0.4, -0.2) is 34.9 Å². The van der Waals surface area contributed by atoms with Crippen LogP contribution in [0.4, 0.5) is 0 Å². The summed E-state index contributed by atoms with van der Waals surface area (Å²) in [7, 11) is 0. The first-order valence-electron chi connectivity index (χ1n) is 10.6. The number of carbonyl (C=O) groups is 2. The number of amides is 2. The fraction of sp³-hybridized carbons (Fsp3) is 0.440. The van der Waals surface area contributed by atoms with Crippen LogP contribution >= 0.6 is 15.9 Å². The second kappa shape index (κ2) is 10.8. The Bertz CT molecular complexity index is 904. The molecule has 0 fully saturated rings.